The molecule has 2 aromatic carbocycles. The number of benzene rings is 2. The molecule has 0 aliphatic heterocycles. The summed E-state index contributed by atoms with van der Waals surface area (Å²) in [5.74, 6) is -0.361. The van der Waals surface area contributed by atoms with Gasteiger partial charge in [-0.25, -0.2) is 4.79 Å². The molecule has 0 aliphatic carbocycles. The molecule has 0 heterocycles. The molecular formula is C14H11BrO2S. The molecule has 0 bridgehead atoms. The summed E-state index contributed by atoms with van der Waals surface area (Å²) in [6.07, 6.45) is 0. The van der Waals surface area contributed by atoms with Crippen molar-refractivity contribution in [1.29, 1.82) is 0 Å². The Morgan fingerprint density at radius 2 is 1.94 bits per heavy atom. The molecule has 0 aliphatic rings. The lowest BCUT2D eigenvalue weighted by Gasteiger charge is -2.06. The minimum absolute atomic E-state index is 0.250. The molecule has 0 amide bonds. The number of carbonyl (C=O) groups excluding carboxylic acids is 1. The van der Waals surface area contributed by atoms with Crippen molar-refractivity contribution in [3.05, 3.63) is 64.1 Å². The van der Waals surface area contributed by atoms with E-state index in [1.807, 2.05) is 30.3 Å². The summed E-state index contributed by atoms with van der Waals surface area (Å²) in [7, 11) is 0. The van der Waals surface area contributed by atoms with Crippen molar-refractivity contribution >= 4 is 34.5 Å². The van der Waals surface area contributed by atoms with Crippen molar-refractivity contribution in [2.45, 2.75) is 11.5 Å². The van der Waals surface area contributed by atoms with E-state index in [0.29, 0.717) is 10.5 Å². The Hall–Kier alpha value is -1.26. The molecule has 0 radical (unpaired) electrons. The molecule has 2 rings (SSSR count). The molecule has 0 saturated heterocycles. The Bertz CT molecular complexity index is 569. The Morgan fingerprint density at radius 3 is 2.67 bits per heavy atom. The molecule has 4 heteroatoms. The van der Waals surface area contributed by atoms with Crippen LogP contribution in [-0.2, 0) is 11.3 Å². The maximum atomic E-state index is 11.8. The van der Waals surface area contributed by atoms with Gasteiger partial charge in [-0.15, -0.1) is 12.6 Å². The monoisotopic (exact) mass is 322 g/mol. The SMILES string of the molecule is O=C(OCc1cccc(Br)c1)c1ccccc1S. The highest BCUT2D eigenvalue weighted by molar-refractivity contribution is 9.10. The lowest BCUT2D eigenvalue weighted by atomic mass is 10.2. The Kier molecular flexibility index (Phi) is 4.44. The zero-order valence-electron chi connectivity index (χ0n) is 9.47. The van der Waals surface area contributed by atoms with Crippen LogP contribution in [0.4, 0.5) is 0 Å². The standard InChI is InChI=1S/C14H11BrO2S/c15-11-5-3-4-10(8-11)9-17-14(16)12-6-1-2-7-13(12)18/h1-8,18H,9H2. The molecule has 2 aromatic rings. The summed E-state index contributed by atoms with van der Waals surface area (Å²) in [4.78, 5) is 12.5. The molecule has 0 atom stereocenters. The van der Waals surface area contributed by atoms with E-state index in [9.17, 15) is 4.79 Å². The Balaban J connectivity index is 2.03. The number of ether oxygens (including phenoxy) is 1. The van der Waals surface area contributed by atoms with Crippen molar-refractivity contribution in [2.24, 2.45) is 0 Å². The van der Waals surface area contributed by atoms with Crippen LogP contribution in [-0.4, -0.2) is 5.97 Å². The number of esters is 1. The van der Waals surface area contributed by atoms with Crippen molar-refractivity contribution in [3.63, 3.8) is 0 Å². The third-order valence-corrected chi connectivity index (χ3v) is 3.27. The molecule has 0 fully saturated rings. The van der Waals surface area contributed by atoms with E-state index < -0.39 is 0 Å². The average Bonchev–Trinajstić information content (AvgIpc) is 2.37. The van der Waals surface area contributed by atoms with Crippen LogP contribution in [0.2, 0.25) is 0 Å². The number of hydrogen-bond donors (Lipinski definition) is 1. The van der Waals surface area contributed by atoms with E-state index in [2.05, 4.69) is 28.6 Å². The van der Waals surface area contributed by atoms with Crippen LogP contribution in [0.15, 0.2) is 57.9 Å². The quantitative estimate of drug-likeness (QED) is 0.680. The van der Waals surface area contributed by atoms with E-state index in [4.69, 9.17) is 4.74 Å². The van der Waals surface area contributed by atoms with Crippen LogP contribution in [0.1, 0.15) is 15.9 Å². The molecule has 92 valence electrons. The van der Waals surface area contributed by atoms with Gasteiger partial charge in [0.1, 0.15) is 6.61 Å². The fourth-order valence-electron chi connectivity index (χ4n) is 1.50. The highest BCUT2D eigenvalue weighted by atomic mass is 79.9. The summed E-state index contributed by atoms with van der Waals surface area (Å²) in [5, 5.41) is 0. The van der Waals surface area contributed by atoms with Gasteiger partial charge in [0.2, 0.25) is 0 Å². The van der Waals surface area contributed by atoms with E-state index in [1.54, 1.807) is 18.2 Å². The van der Waals surface area contributed by atoms with E-state index in [0.717, 1.165) is 10.0 Å². The molecular weight excluding hydrogens is 312 g/mol. The predicted octanol–water partition coefficient (Wildman–Crippen LogP) is 4.09. The summed E-state index contributed by atoms with van der Waals surface area (Å²) in [6, 6.07) is 14.7. The van der Waals surface area contributed by atoms with Gasteiger partial charge in [-0.2, -0.15) is 0 Å². The second-order valence-electron chi connectivity index (χ2n) is 3.72. The minimum Gasteiger partial charge on any atom is -0.457 e. The van der Waals surface area contributed by atoms with Crippen molar-refractivity contribution in [3.8, 4) is 0 Å². The summed E-state index contributed by atoms with van der Waals surface area (Å²) >= 11 is 7.60. The zero-order valence-corrected chi connectivity index (χ0v) is 11.9. The number of hydrogen-bond acceptors (Lipinski definition) is 3. The lowest BCUT2D eigenvalue weighted by molar-refractivity contribution is 0.0468. The number of rotatable bonds is 3. The van der Waals surface area contributed by atoms with E-state index in [-0.39, 0.29) is 12.6 Å². The minimum atomic E-state index is -0.361. The van der Waals surface area contributed by atoms with Gasteiger partial charge in [0.25, 0.3) is 0 Å². The molecule has 18 heavy (non-hydrogen) atoms. The highest BCUT2D eigenvalue weighted by Gasteiger charge is 2.10. The first-order valence-corrected chi connectivity index (χ1v) is 6.60. The second-order valence-corrected chi connectivity index (χ2v) is 5.12. The fraction of sp³-hybridized carbons (Fsp3) is 0.0714. The van der Waals surface area contributed by atoms with Crippen LogP contribution in [0.3, 0.4) is 0 Å². The van der Waals surface area contributed by atoms with Crippen molar-refractivity contribution in [1.82, 2.24) is 0 Å². The number of halogens is 1. The number of thiol groups is 1. The van der Waals surface area contributed by atoms with Gasteiger partial charge < -0.3 is 4.74 Å². The van der Waals surface area contributed by atoms with Crippen molar-refractivity contribution < 1.29 is 9.53 Å². The Labute approximate surface area is 120 Å². The first-order chi connectivity index (χ1) is 8.66. The molecule has 0 saturated carbocycles. The van der Waals surface area contributed by atoms with Gasteiger partial charge >= 0.3 is 5.97 Å². The fourth-order valence-corrected chi connectivity index (χ4v) is 2.20. The lowest BCUT2D eigenvalue weighted by Crippen LogP contribution is -2.06. The van der Waals surface area contributed by atoms with Crippen molar-refractivity contribution in [2.75, 3.05) is 0 Å². The summed E-state index contributed by atoms with van der Waals surface area (Å²) in [6.45, 7) is 0.250. The molecule has 0 unspecified atom stereocenters. The van der Waals surface area contributed by atoms with Crippen LogP contribution in [0, 0.1) is 0 Å². The molecule has 2 nitrogen and oxygen atoms in total. The van der Waals surface area contributed by atoms with Gasteiger partial charge in [0.15, 0.2) is 0 Å². The third-order valence-electron chi connectivity index (χ3n) is 2.38. The van der Waals surface area contributed by atoms with Gasteiger partial charge in [-0.05, 0) is 29.8 Å². The van der Waals surface area contributed by atoms with Crippen LogP contribution in [0.5, 0.6) is 0 Å². The largest absolute Gasteiger partial charge is 0.457 e. The molecule has 0 aromatic heterocycles. The zero-order chi connectivity index (χ0) is 13.0. The first-order valence-electron chi connectivity index (χ1n) is 5.36. The second kappa shape index (κ2) is 6.07. The van der Waals surface area contributed by atoms with Crippen LogP contribution >= 0.6 is 28.6 Å². The van der Waals surface area contributed by atoms with E-state index in [1.165, 1.54) is 0 Å². The summed E-state index contributed by atoms with van der Waals surface area (Å²) < 4.78 is 6.20. The Morgan fingerprint density at radius 1 is 1.17 bits per heavy atom. The topological polar surface area (TPSA) is 26.3 Å². The first kappa shape index (κ1) is 13.2. The normalized spacial score (nSPS) is 10.1. The van der Waals surface area contributed by atoms with Gasteiger partial charge in [0.05, 0.1) is 5.56 Å². The molecule has 0 spiro atoms. The van der Waals surface area contributed by atoms with Gasteiger partial charge in [-0.1, -0.05) is 40.2 Å². The average molecular weight is 323 g/mol. The van der Waals surface area contributed by atoms with Crippen LogP contribution in [0.25, 0.3) is 0 Å². The highest BCUT2D eigenvalue weighted by Crippen LogP contribution is 2.16. The van der Waals surface area contributed by atoms with Gasteiger partial charge in [-0.3, -0.25) is 0 Å². The molecule has 0 N–H and O–H groups in total. The third kappa shape index (κ3) is 3.37. The van der Waals surface area contributed by atoms with E-state index >= 15 is 0 Å². The maximum Gasteiger partial charge on any atom is 0.339 e. The smallest absolute Gasteiger partial charge is 0.339 e. The van der Waals surface area contributed by atoms with Gasteiger partial charge in [0, 0.05) is 9.37 Å². The summed E-state index contributed by atoms with van der Waals surface area (Å²) in [5.41, 5.74) is 1.42. The van der Waals surface area contributed by atoms with Crippen LogP contribution < -0.4 is 0 Å². The number of carbonyl (C=O) groups is 1. The predicted molar refractivity (Wildman–Crippen MR) is 77.0 cm³/mol. The maximum absolute atomic E-state index is 11.8.